The normalized spacial score (nSPS) is 18.7. The molecule has 0 aliphatic carbocycles. The Kier molecular flexibility index (Phi) is 3.90. The average Bonchev–Trinajstić information content (AvgIpc) is 3.09. The predicted octanol–water partition coefficient (Wildman–Crippen LogP) is 2.92. The van der Waals surface area contributed by atoms with Crippen molar-refractivity contribution in [2.45, 2.75) is 25.6 Å². The van der Waals surface area contributed by atoms with Crippen LogP contribution in [0.2, 0.25) is 0 Å². The van der Waals surface area contributed by atoms with Gasteiger partial charge < -0.3 is 9.64 Å². The molecule has 3 rings (SSSR count). The minimum Gasteiger partial charge on any atom is -0.458 e. The minimum atomic E-state index is -4.40. The molecular weight excluding hydrogens is 317 g/mol. The molecule has 1 unspecified atom stereocenters. The Morgan fingerprint density at radius 2 is 2.05 bits per heavy atom. The zero-order valence-electron chi connectivity index (χ0n) is 11.7. The third kappa shape index (κ3) is 3.29. The number of halogens is 3. The van der Waals surface area contributed by atoms with E-state index >= 15 is 0 Å². The summed E-state index contributed by atoms with van der Waals surface area (Å²) in [6, 6.07) is 0.285. The highest BCUT2D eigenvalue weighted by molar-refractivity contribution is 7.13. The van der Waals surface area contributed by atoms with Crippen LogP contribution < -0.4 is 9.64 Å². The van der Waals surface area contributed by atoms with Gasteiger partial charge in [-0.15, -0.1) is 11.3 Å². The molecular formula is C13H13F3N4OS. The van der Waals surface area contributed by atoms with Gasteiger partial charge in [-0.25, -0.2) is 15.0 Å². The first-order valence-corrected chi connectivity index (χ1v) is 7.53. The Labute approximate surface area is 128 Å². The van der Waals surface area contributed by atoms with Gasteiger partial charge in [-0.05, 0) is 12.5 Å². The molecule has 0 bridgehead atoms. The Morgan fingerprint density at radius 3 is 2.68 bits per heavy atom. The van der Waals surface area contributed by atoms with E-state index in [1.165, 1.54) is 0 Å². The van der Waals surface area contributed by atoms with Crippen molar-refractivity contribution in [2.75, 3.05) is 18.0 Å². The second-order valence-electron chi connectivity index (χ2n) is 5.03. The van der Waals surface area contributed by atoms with Crippen molar-refractivity contribution < 1.29 is 17.9 Å². The summed E-state index contributed by atoms with van der Waals surface area (Å²) in [6.07, 6.45) is -0.546. The van der Waals surface area contributed by atoms with Gasteiger partial charge in [-0.3, -0.25) is 0 Å². The summed E-state index contributed by atoms with van der Waals surface area (Å²) in [4.78, 5) is 13.6. The molecule has 0 N–H and O–H groups in total. The van der Waals surface area contributed by atoms with Crippen molar-refractivity contribution in [2.24, 2.45) is 0 Å². The van der Waals surface area contributed by atoms with Gasteiger partial charge in [0.15, 0.2) is 10.8 Å². The van der Waals surface area contributed by atoms with Crippen molar-refractivity contribution in [3.8, 4) is 6.01 Å². The Balaban J connectivity index is 1.62. The van der Waals surface area contributed by atoms with Gasteiger partial charge in [0.2, 0.25) is 0 Å². The van der Waals surface area contributed by atoms with Crippen LogP contribution in [0.3, 0.4) is 0 Å². The topological polar surface area (TPSA) is 51.1 Å². The van der Waals surface area contributed by atoms with Gasteiger partial charge in [-0.1, -0.05) is 0 Å². The molecule has 5 nitrogen and oxygen atoms in total. The largest absolute Gasteiger partial charge is 0.458 e. The van der Waals surface area contributed by atoms with Gasteiger partial charge in [0.25, 0.3) is 0 Å². The van der Waals surface area contributed by atoms with E-state index in [1.54, 1.807) is 17.3 Å². The summed E-state index contributed by atoms with van der Waals surface area (Å²) < 4.78 is 43.4. The van der Waals surface area contributed by atoms with Crippen LogP contribution in [0.25, 0.3) is 0 Å². The molecule has 2 aromatic heterocycles. The highest BCUT2D eigenvalue weighted by Gasteiger charge is 2.35. The van der Waals surface area contributed by atoms with Gasteiger partial charge in [-0.2, -0.15) is 13.2 Å². The molecule has 1 saturated heterocycles. The monoisotopic (exact) mass is 330 g/mol. The molecule has 22 heavy (non-hydrogen) atoms. The molecule has 0 spiro atoms. The lowest BCUT2D eigenvalue weighted by molar-refractivity contribution is -0.140. The van der Waals surface area contributed by atoms with Crippen molar-refractivity contribution in [3.63, 3.8) is 0 Å². The minimum absolute atomic E-state index is 0.152. The number of anilines is 1. The zero-order chi connectivity index (χ0) is 15.7. The SMILES string of the molecule is Cc1cnc(OC2CCN(c3nc(C(F)(F)F)cs3)C2)nc1. The van der Waals surface area contributed by atoms with Crippen LogP contribution >= 0.6 is 11.3 Å². The Morgan fingerprint density at radius 1 is 1.32 bits per heavy atom. The quantitative estimate of drug-likeness (QED) is 0.866. The number of ether oxygens (including phenoxy) is 1. The average molecular weight is 330 g/mol. The Hall–Kier alpha value is -1.90. The summed E-state index contributed by atoms with van der Waals surface area (Å²) in [5.74, 6) is 0. The fraction of sp³-hybridized carbons (Fsp3) is 0.462. The van der Waals surface area contributed by atoms with Crippen molar-refractivity contribution in [1.29, 1.82) is 0 Å². The van der Waals surface area contributed by atoms with E-state index < -0.39 is 11.9 Å². The first-order valence-electron chi connectivity index (χ1n) is 6.65. The lowest BCUT2D eigenvalue weighted by atomic mass is 10.3. The van der Waals surface area contributed by atoms with Crippen molar-refractivity contribution >= 4 is 16.5 Å². The molecule has 9 heteroatoms. The van der Waals surface area contributed by atoms with Crippen LogP contribution in [-0.2, 0) is 6.18 Å². The van der Waals surface area contributed by atoms with Crippen LogP contribution in [0.5, 0.6) is 6.01 Å². The first kappa shape index (κ1) is 15.0. The van der Waals surface area contributed by atoms with E-state index in [0.29, 0.717) is 24.6 Å². The van der Waals surface area contributed by atoms with Crippen LogP contribution in [-0.4, -0.2) is 34.1 Å². The third-order valence-corrected chi connectivity index (χ3v) is 4.13. The molecule has 0 aromatic carbocycles. The van der Waals surface area contributed by atoms with E-state index in [4.69, 9.17) is 4.74 Å². The van der Waals surface area contributed by atoms with E-state index in [2.05, 4.69) is 15.0 Å². The summed E-state index contributed by atoms with van der Waals surface area (Å²) in [7, 11) is 0. The maximum atomic E-state index is 12.6. The number of thiazole rings is 1. The highest BCUT2D eigenvalue weighted by Crippen LogP contribution is 2.34. The predicted molar refractivity (Wildman–Crippen MR) is 75.1 cm³/mol. The number of hydrogen-bond donors (Lipinski definition) is 0. The number of alkyl halides is 3. The van der Waals surface area contributed by atoms with E-state index in [9.17, 15) is 13.2 Å². The molecule has 2 aromatic rings. The standard InChI is InChI=1S/C13H13F3N4OS/c1-8-4-17-11(18-5-8)21-9-2-3-20(6-9)12-19-10(7-22-12)13(14,15)16/h4-5,7,9H,2-3,6H2,1H3. The fourth-order valence-electron chi connectivity index (χ4n) is 2.13. The second-order valence-corrected chi connectivity index (χ2v) is 5.87. The fourth-order valence-corrected chi connectivity index (χ4v) is 3.00. The maximum absolute atomic E-state index is 12.6. The van der Waals surface area contributed by atoms with E-state index in [-0.39, 0.29) is 12.1 Å². The van der Waals surface area contributed by atoms with Crippen LogP contribution in [0.1, 0.15) is 17.7 Å². The first-order chi connectivity index (χ1) is 10.4. The number of rotatable bonds is 3. The lowest BCUT2D eigenvalue weighted by Crippen LogP contribution is -2.25. The van der Waals surface area contributed by atoms with Gasteiger partial charge in [0.05, 0.1) is 6.54 Å². The van der Waals surface area contributed by atoms with Crippen LogP contribution in [0, 0.1) is 6.92 Å². The van der Waals surface area contributed by atoms with E-state index in [1.807, 2.05) is 6.92 Å². The van der Waals surface area contributed by atoms with Gasteiger partial charge in [0, 0.05) is 30.7 Å². The highest BCUT2D eigenvalue weighted by atomic mass is 32.1. The van der Waals surface area contributed by atoms with Crippen molar-refractivity contribution in [1.82, 2.24) is 15.0 Å². The Bertz CT molecular complexity index is 643. The summed E-state index contributed by atoms with van der Waals surface area (Å²) in [5, 5.41) is 1.40. The van der Waals surface area contributed by atoms with Crippen LogP contribution in [0.15, 0.2) is 17.8 Å². The molecule has 1 aliphatic heterocycles. The molecule has 0 radical (unpaired) electrons. The molecule has 3 heterocycles. The van der Waals surface area contributed by atoms with Crippen molar-refractivity contribution in [3.05, 3.63) is 29.0 Å². The number of aryl methyl sites for hydroxylation is 1. The second kappa shape index (κ2) is 5.71. The molecule has 1 atom stereocenters. The van der Waals surface area contributed by atoms with Gasteiger partial charge in [0.1, 0.15) is 6.10 Å². The van der Waals surface area contributed by atoms with Gasteiger partial charge >= 0.3 is 12.2 Å². The zero-order valence-corrected chi connectivity index (χ0v) is 12.5. The molecule has 1 aliphatic rings. The molecule has 0 saturated carbocycles. The number of hydrogen-bond acceptors (Lipinski definition) is 6. The maximum Gasteiger partial charge on any atom is 0.434 e. The lowest BCUT2D eigenvalue weighted by Gasteiger charge is -2.15. The molecule has 1 fully saturated rings. The van der Waals surface area contributed by atoms with E-state index in [0.717, 1.165) is 22.3 Å². The summed E-state index contributed by atoms with van der Waals surface area (Å²) >= 11 is 0.992. The smallest absolute Gasteiger partial charge is 0.434 e. The molecule has 0 amide bonds. The number of aromatic nitrogens is 3. The third-order valence-electron chi connectivity index (χ3n) is 3.23. The van der Waals surface area contributed by atoms with Crippen LogP contribution in [0.4, 0.5) is 18.3 Å². The molecule has 118 valence electrons. The summed E-state index contributed by atoms with van der Waals surface area (Å²) in [6.45, 7) is 2.95. The summed E-state index contributed by atoms with van der Waals surface area (Å²) in [5.41, 5.74) is 0.0848. The number of nitrogens with zero attached hydrogens (tertiary/aromatic N) is 4.